The lowest BCUT2D eigenvalue weighted by atomic mass is 10.1. The van der Waals surface area contributed by atoms with Crippen LogP contribution in [0.1, 0.15) is 26.3 Å². The van der Waals surface area contributed by atoms with Crippen LogP contribution in [0.5, 0.6) is 5.75 Å². The predicted molar refractivity (Wildman–Crippen MR) is 73.6 cm³/mol. The van der Waals surface area contributed by atoms with E-state index in [0.29, 0.717) is 11.3 Å². The lowest BCUT2D eigenvalue weighted by Crippen LogP contribution is -2.27. The van der Waals surface area contributed by atoms with Gasteiger partial charge in [0.2, 0.25) is 0 Å². The van der Waals surface area contributed by atoms with Gasteiger partial charge < -0.3 is 15.6 Å². The van der Waals surface area contributed by atoms with Crippen LogP contribution >= 0.6 is 0 Å². The fourth-order valence-corrected chi connectivity index (χ4v) is 1.42. The number of nitrogens with one attached hydrogen (secondary N) is 2. The van der Waals surface area contributed by atoms with Gasteiger partial charge in [-0.2, -0.15) is 0 Å². The molecule has 6 nitrogen and oxygen atoms in total. The lowest BCUT2D eigenvalue weighted by molar-refractivity contribution is 0.0636. The molecule has 0 aliphatic carbocycles. The summed E-state index contributed by atoms with van der Waals surface area (Å²) in [6.07, 6.45) is -0.426. The third kappa shape index (κ3) is 5.29. The molecule has 0 saturated carbocycles. The minimum atomic E-state index is -0.591. The van der Waals surface area contributed by atoms with E-state index in [-0.39, 0.29) is 18.0 Å². The van der Waals surface area contributed by atoms with Crippen molar-refractivity contribution in [3.63, 3.8) is 0 Å². The number of phenols is 1. The summed E-state index contributed by atoms with van der Waals surface area (Å²) in [5.41, 5.74) is 5.63. The second-order valence-electron chi connectivity index (χ2n) is 5.17. The summed E-state index contributed by atoms with van der Waals surface area (Å²) in [6.45, 7) is 5.29. The maximum atomic E-state index is 11.5. The van der Waals surface area contributed by atoms with Crippen molar-refractivity contribution < 1.29 is 14.6 Å². The molecule has 0 aliphatic rings. The molecule has 0 unspecified atom stereocenters. The second kappa shape index (κ2) is 5.60. The molecule has 0 aromatic heterocycles. The zero-order valence-corrected chi connectivity index (χ0v) is 11.3. The Morgan fingerprint density at radius 2 is 2.11 bits per heavy atom. The molecule has 0 heterocycles. The van der Waals surface area contributed by atoms with Gasteiger partial charge in [-0.25, -0.2) is 4.79 Å². The summed E-state index contributed by atoms with van der Waals surface area (Å²) >= 11 is 0. The first-order valence-electron chi connectivity index (χ1n) is 5.82. The number of benzene rings is 1. The summed E-state index contributed by atoms with van der Waals surface area (Å²) in [5.74, 6) is -0.0630. The third-order valence-corrected chi connectivity index (χ3v) is 2.11. The van der Waals surface area contributed by atoms with Crippen LogP contribution in [0, 0.1) is 5.41 Å². The van der Waals surface area contributed by atoms with Crippen LogP contribution in [0.15, 0.2) is 18.2 Å². The second-order valence-corrected chi connectivity index (χ2v) is 5.17. The summed E-state index contributed by atoms with van der Waals surface area (Å²) in [5, 5.41) is 19.4. The Labute approximate surface area is 112 Å². The molecule has 0 saturated heterocycles. The van der Waals surface area contributed by atoms with E-state index in [0.717, 1.165) is 0 Å². The monoisotopic (exact) mass is 265 g/mol. The molecular formula is C13H19N3O3. The summed E-state index contributed by atoms with van der Waals surface area (Å²) in [7, 11) is 0. The van der Waals surface area contributed by atoms with E-state index in [1.165, 1.54) is 6.07 Å². The number of phenolic OH excluding ortho intramolecular Hbond substituents is 1. The van der Waals surface area contributed by atoms with Gasteiger partial charge in [-0.1, -0.05) is 6.07 Å². The van der Waals surface area contributed by atoms with Crippen LogP contribution < -0.4 is 11.1 Å². The highest BCUT2D eigenvalue weighted by Crippen LogP contribution is 2.23. The Morgan fingerprint density at radius 1 is 1.47 bits per heavy atom. The van der Waals surface area contributed by atoms with Gasteiger partial charge in [0.1, 0.15) is 11.4 Å². The number of nitrogens with two attached hydrogens (primary N) is 1. The third-order valence-electron chi connectivity index (χ3n) is 2.11. The number of anilines is 1. The standard InChI is InChI=1S/C13H19N3O3/c1-13(2,3)19-12(18)16-9-5-4-8(6-11(14)15)10(17)7-9/h4-5,7,17H,6H2,1-3H3,(H3,14,15)(H,16,18). The molecule has 5 N–H and O–H groups in total. The molecular weight excluding hydrogens is 246 g/mol. The number of carbonyl (C=O) groups excluding carboxylic acids is 1. The summed E-state index contributed by atoms with van der Waals surface area (Å²) < 4.78 is 5.09. The number of carbonyl (C=O) groups is 1. The van der Waals surface area contributed by atoms with E-state index in [1.54, 1.807) is 32.9 Å². The number of ether oxygens (including phenoxy) is 1. The van der Waals surface area contributed by atoms with Crippen molar-refractivity contribution in [3.05, 3.63) is 23.8 Å². The number of amides is 1. The Balaban J connectivity index is 2.73. The molecule has 19 heavy (non-hydrogen) atoms. The van der Waals surface area contributed by atoms with Crippen molar-refractivity contribution in [2.75, 3.05) is 5.32 Å². The highest BCUT2D eigenvalue weighted by molar-refractivity contribution is 5.86. The molecule has 0 bridgehead atoms. The molecule has 0 radical (unpaired) electrons. The fraction of sp³-hybridized carbons (Fsp3) is 0.385. The minimum absolute atomic E-state index is 0.0243. The summed E-state index contributed by atoms with van der Waals surface area (Å²) in [4.78, 5) is 11.5. The topological polar surface area (TPSA) is 108 Å². The molecule has 1 aromatic rings. The number of amidine groups is 1. The maximum Gasteiger partial charge on any atom is 0.412 e. The largest absolute Gasteiger partial charge is 0.508 e. The van der Waals surface area contributed by atoms with Crippen molar-refractivity contribution >= 4 is 17.6 Å². The average Bonchev–Trinajstić information content (AvgIpc) is 2.18. The number of hydrogen-bond donors (Lipinski definition) is 4. The SMILES string of the molecule is CC(C)(C)OC(=O)Nc1ccc(CC(=N)N)c(O)c1. The molecule has 0 fully saturated rings. The zero-order chi connectivity index (χ0) is 14.6. The van der Waals surface area contributed by atoms with E-state index in [1.807, 2.05) is 0 Å². The Morgan fingerprint density at radius 3 is 2.58 bits per heavy atom. The van der Waals surface area contributed by atoms with Crippen LogP contribution in [0.2, 0.25) is 0 Å². The van der Waals surface area contributed by atoms with E-state index < -0.39 is 11.7 Å². The molecule has 1 rings (SSSR count). The number of rotatable bonds is 3. The first-order chi connectivity index (χ1) is 8.67. The van der Waals surface area contributed by atoms with E-state index in [9.17, 15) is 9.90 Å². The maximum absolute atomic E-state index is 11.5. The van der Waals surface area contributed by atoms with Gasteiger partial charge in [0.25, 0.3) is 0 Å². The smallest absolute Gasteiger partial charge is 0.412 e. The van der Waals surface area contributed by atoms with Crippen LogP contribution in [0.25, 0.3) is 0 Å². The predicted octanol–water partition coefficient (Wildman–Crippen LogP) is 2.22. The Hall–Kier alpha value is -2.24. The quantitative estimate of drug-likeness (QED) is 0.496. The van der Waals surface area contributed by atoms with Crippen LogP contribution in [0.3, 0.4) is 0 Å². The number of hydrogen-bond acceptors (Lipinski definition) is 4. The van der Waals surface area contributed by atoms with Crippen LogP contribution in [0.4, 0.5) is 10.5 Å². The van der Waals surface area contributed by atoms with Crippen molar-refractivity contribution in [2.24, 2.45) is 5.73 Å². The average molecular weight is 265 g/mol. The zero-order valence-electron chi connectivity index (χ0n) is 11.3. The molecule has 1 amide bonds. The van der Waals surface area contributed by atoms with Gasteiger partial charge in [-0.05, 0) is 26.8 Å². The van der Waals surface area contributed by atoms with Gasteiger partial charge in [0.05, 0.1) is 5.84 Å². The van der Waals surface area contributed by atoms with Crippen molar-refractivity contribution in [2.45, 2.75) is 32.8 Å². The highest BCUT2D eigenvalue weighted by atomic mass is 16.6. The van der Waals surface area contributed by atoms with Gasteiger partial charge in [0.15, 0.2) is 0 Å². The summed E-state index contributed by atoms with van der Waals surface area (Å²) in [6, 6.07) is 4.60. The van der Waals surface area contributed by atoms with Crippen molar-refractivity contribution in [1.29, 1.82) is 5.41 Å². The number of aromatic hydroxyl groups is 1. The van der Waals surface area contributed by atoms with Crippen LogP contribution in [-0.2, 0) is 11.2 Å². The van der Waals surface area contributed by atoms with Crippen LogP contribution in [-0.4, -0.2) is 22.6 Å². The molecule has 6 heteroatoms. The van der Waals surface area contributed by atoms with Crippen molar-refractivity contribution in [3.8, 4) is 5.75 Å². The first-order valence-corrected chi connectivity index (χ1v) is 5.82. The minimum Gasteiger partial charge on any atom is -0.508 e. The van der Waals surface area contributed by atoms with Crippen molar-refractivity contribution in [1.82, 2.24) is 0 Å². The fourth-order valence-electron chi connectivity index (χ4n) is 1.42. The Kier molecular flexibility index (Phi) is 4.37. The highest BCUT2D eigenvalue weighted by Gasteiger charge is 2.16. The van der Waals surface area contributed by atoms with E-state index >= 15 is 0 Å². The Bertz CT molecular complexity index is 492. The first kappa shape index (κ1) is 14.8. The molecule has 104 valence electrons. The molecule has 1 aromatic carbocycles. The van der Waals surface area contributed by atoms with Gasteiger partial charge in [0, 0.05) is 23.7 Å². The van der Waals surface area contributed by atoms with E-state index in [2.05, 4.69) is 5.32 Å². The molecule has 0 spiro atoms. The normalized spacial score (nSPS) is 10.9. The van der Waals surface area contributed by atoms with Gasteiger partial charge in [-0.15, -0.1) is 0 Å². The van der Waals surface area contributed by atoms with Gasteiger partial charge >= 0.3 is 6.09 Å². The lowest BCUT2D eigenvalue weighted by Gasteiger charge is -2.19. The molecule has 0 aliphatic heterocycles. The van der Waals surface area contributed by atoms with E-state index in [4.69, 9.17) is 15.9 Å². The molecule has 0 atom stereocenters. The van der Waals surface area contributed by atoms with Gasteiger partial charge in [-0.3, -0.25) is 10.7 Å².